The number of hydrogen-bond acceptors (Lipinski definition) is 2. The lowest BCUT2D eigenvalue weighted by Gasteiger charge is -2.09. The van der Waals surface area contributed by atoms with Crippen LogP contribution in [0.5, 0.6) is 0 Å². The number of hydrogen-bond donors (Lipinski definition) is 2. The number of carbonyl (C=O) groups is 2. The van der Waals surface area contributed by atoms with E-state index < -0.39 is 23.2 Å². The molecule has 6 heteroatoms. The first kappa shape index (κ1) is 19.2. The van der Waals surface area contributed by atoms with E-state index in [0.29, 0.717) is 6.54 Å². The molecule has 0 saturated heterocycles. The monoisotopic (exact) mass is 380 g/mol. The second-order valence-electron chi connectivity index (χ2n) is 6.30. The third-order valence-corrected chi connectivity index (χ3v) is 4.16. The van der Waals surface area contributed by atoms with Crippen molar-refractivity contribution >= 4 is 17.5 Å². The van der Waals surface area contributed by atoms with Crippen LogP contribution in [0.1, 0.15) is 31.8 Å². The van der Waals surface area contributed by atoms with E-state index in [9.17, 15) is 18.4 Å². The molecular formula is C22H18F2N2O2. The summed E-state index contributed by atoms with van der Waals surface area (Å²) in [6, 6.07) is 17.0. The summed E-state index contributed by atoms with van der Waals surface area (Å²) in [7, 11) is 0. The molecule has 0 radical (unpaired) electrons. The zero-order chi connectivity index (χ0) is 20.1. The van der Waals surface area contributed by atoms with Gasteiger partial charge in [0.1, 0.15) is 17.3 Å². The van der Waals surface area contributed by atoms with E-state index in [2.05, 4.69) is 10.6 Å². The van der Waals surface area contributed by atoms with Gasteiger partial charge in [0, 0.05) is 17.7 Å². The Morgan fingerprint density at radius 1 is 0.821 bits per heavy atom. The summed E-state index contributed by atoms with van der Waals surface area (Å²) in [5.41, 5.74) is 1.93. The Balaban J connectivity index is 1.69. The fraction of sp³-hybridized carbons (Fsp3) is 0.0909. The molecule has 0 spiro atoms. The van der Waals surface area contributed by atoms with Gasteiger partial charge in [0.05, 0.1) is 0 Å². The van der Waals surface area contributed by atoms with Crippen LogP contribution in [-0.2, 0) is 6.54 Å². The van der Waals surface area contributed by atoms with Gasteiger partial charge < -0.3 is 10.6 Å². The highest BCUT2D eigenvalue weighted by Gasteiger charge is 2.15. The van der Waals surface area contributed by atoms with Crippen LogP contribution < -0.4 is 10.6 Å². The van der Waals surface area contributed by atoms with Crippen LogP contribution in [-0.4, -0.2) is 11.8 Å². The van der Waals surface area contributed by atoms with Gasteiger partial charge in [-0.1, -0.05) is 42.0 Å². The van der Waals surface area contributed by atoms with E-state index in [1.165, 1.54) is 24.3 Å². The minimum atomic E-state index is -0.875. The first-order valence-electron chi connectivity index (χ1n) is 8.63. The van der Waals surface area contributed by atoms with Crippen molar-refractivity contribution in [3.63, 3.8) is 0 Å². The molecule has 0 bridgehead atoms. The lowest BCUT2D eigenvalue weighted by Crippen LogP contribution is -2.23. The lowest BCUT2D eigenvalue weighted by atomic mass is 10.1. The van der Waals surface area contributed by atoms with Crippen LogP contribution in [0.2, 0.25) is 0 Å². The molecule has 142 valence electrons. The van der Waals surface area contributed by atoms with Crippen molar-refractivity contribution in [3.8, 4) is 0 Å². The largest absolute Gasteiger partial charge is 0.348 e. The predicted molar refractivity (Wildman–Crippen MR) is 103 cm³/mol. The first-order valence-corrected chi connectivity index (χ1v) is 8.63. The smallest absolute Gasteiger partial charge is 0.255 e. The summed E-state index contributed by atoms with van der Waals surface area (Å²) < 4.78 is 27.4. The van der Waals surface area contributed by atoms with Crippen molar-refractivity contribution in [2.75, 3.05) is 5.32 Å². The number of aryl methyl sites for hydroxylation is 1. The lowest BCUT2D eigenvalue weighted by molar-refractivity contribution is 0.0951. The number of halogens is 2. The summed E-state index contributed by atoms with van der Waals surface area (Å²) in [6.45, 7) is 2.32. The SMILES string of the molecule is Cc1ccc(CNC(=O)c2cccc(C(=O)Nc3c(F)cccc3F)c2)cc1. The summed E-state index contributed by atoms with van der Waals surface area (Å²) in [4.78, 5) is 24.7. The Morgan fingerprint density at radius 3 is 2.04 bits per heavy atom. The molecule has 0 aliphatic carbocycles. The first-order chi connectivity index (χ1) is 13.4. The van der Waals surface area contributed by atoms with Gasteiger partial charge in [0.15, 0.2) is 0 Å². The number of benzene rings is 3. The Labute approximate surface area is 161 Å². The number of para-hydroxylation sites is 1. The zero-order valence-corrected chi connectivity index (χ0v) is 15.1. The van der Waals surface area contributed by atoms with Gasteiger partial charge in [-0.25, -0.2) is 8.78 Å². The van der Waals surface area contributed by atoms with Crippen LogP contribution >= 0.6 is 0 Å². The van der Waals surface area contributed by atoms with Gasteiger partial charge >= 0.3 is 0 Å². The van der Waals surface area contributed by atoms with Crippen LogP contribution in [0.3, 0.4) is 0 Å². The van der Waals surface area contributed by atoms with E-state index in [4.69, 9.17) is 0 Å². The Kier molecular flexibility index (Phi) is 5.79. The molecule has 2 amide bonds. The molecule has 3 aromatic carbocycles. The van der Waals surface area contributed by atoms with Crippen molar-refractivity contribution < 1.29 is 18.4 Å². The van der Waals surface area contributed by atoms with Gasteiger partial charge in [-0.3, -0.25) is 9.59 Å². The Bertz CT molecular complexity index is 997. The molecule has 3 aromatic rings. The maximum Gasteiger partial charge on any atom is 0.255 e. The fourth-order valence-electron chi connectivity index (χ4n) is 2.59. The second kappa shape index (κ2) is 8.43. The maximum atomic E-state index is 13.7. The topological polar surface area (TPSA) is 58.2 Å². The maximum absolute atomic E-state index is 13.7. The van der Waals surface area contributed by atoms with Crippen LogP contribution in [0.4, 0.5) is 14.5 Å². The fourth-order valence-corrected chi connectivity index (χ4v) is 2.59. The number of nitrogens with one attached hydrogen (secondary N) is 2. The minimum absolute atomic E-state index is 0.116. The van der Waals surface area contributed by atoms with Gasteiger partial charge in [-0.15, -0.1) is 0 Å². The molecule has 0 aliphatic rings. The summed E-state index contributed by atoms with van der Waals surface area (Å²) in [6.07, 6.45) is 0. The van der Waals surface area contributed by atoms with E-state index in [1.807, 2.05) is 31.2 Å². The van der Waals surface area contributed by atoms with Crippen LogP contribution in [0.25, 0.3) is 0 Å². The molecule has 0 atom stereocenters. The van der Waals surface area contributed by atoms with Crippen LogP contribution in [0, 0.1) is 18.6 Å². The average molecular weight is 380 g/mol. The second-order valence-corrected chi connectivity index (χ2v) is 6.30. The van der Waals surface area contributed by atoms with Crippen LogP contribution in [0.15, 0.2) is 66.7 Å². The van der Waals surface area contributed by atoms with E-state index in [1.54, 1.807) is 6.07 Å². The van der Waals surface area contributed by atoms with Crippen molar-refractivity contribution in [3.05, 3.63) is 101 Å². The van der Waals surface area contributed by atoms with Crippen molar-refractivity contribution in [2.45, 2.75) is 13.5 Å². The average Bonchev–Trinajstić information content (AvgIpc) is 2.70. The molecule has 0 fully saturated rings. The molecule has 0 heterocycles. The summed E-state index contributed by atoms with van der Waals surface area (Å²) in [5, 5.41) is 4.98. The zero-order valence-electron chi connectivity index (χ0n) is 15.1. The number of carbonyl (C=O) groups excluding carboxylic acids is 2. The van der Waals surface area contributed by atoms with Crippen molar-refractivity contribution in [2.24, 2.45) is 0 Å². The van der Waals surface area contributed by atoms with Gasteiger partial charge in [0.25, 0.3) is 11.8 Å². The molecule has 28 heavy (non-hydrogen) atoms. The number of rotatable bonds is 5. The predicted octanol–water partition coefficient (Wildman–Crippen LogP) is 4.46. The highest BCUT2D eigenvalue weighted by molar-refractivity contribution is 6.06. The van der Waals surface area contributed by atoms with E-state index >= 15 is 0 Å². The van der Waals surface area contributed by atoms with Crippen molar-refractivity contribution in [1.29, 1.82) is 0 Å². The molecule has 3 rings (SSSR count). The molecule has 4 nitrogen and oxygen atoms in total. The molecule has 0 aliphatic heterocycles. The van der Waals surface area contributed by atoms with E-state index in [0.717, 1.165) is 23.3 Å². The molecule has 0 aromatic heterocycles. The summed E-state index contributed by atoms with van der Waals surface area (Å²) >= 11 is 0. The molecule has 2 N–H and O–H groups in total. The highest BCUT2D eigenvalue weighted by atomic mass is 19.1. The third kappa shape index (κ3) is 4.59. The normalized spacial score (nSPS) is 10.4. The Hall–Kier alpha value is -3.54. The standard InChI is InChI=1S/C22H18F2N2O2/c1-14-8-10-15(11-9-14)13-25-21(27)16-4-2-5-17(12-16)22(28)26-20-18(23)6-3-7-19(20)24/h2-12H,13H2,1H3,(H,25,27)(H,26,28). The van der Waals surface area contributed by atoms with E-state index in [-0.39, 0.29) is 17.0 Å². The molecular weight excluding hydrogens is 362 g/mol. The van der Waals surface area contributed by atoms with Gasteiger partial charge in [0.2, 0.25) is 0 Å². The molecule has 0 saturated carbocycles. The van der Waals surface area contributed by atoms with Crippen molar-refractivity contribution in [1.82, 2.24) is 5.32 Å². The summed E-state index contributed by atoms with van der Waals surface area (Å²) in [5.74, 6) is -2.81. The van der Waals surface area contributed by atoms with Gasteiger partial charge in [-0.2, -0.15) is 0 Å². The quantitative estimate of drug-likeness (QED) is 0.687. The Morgan fingerprint density at radius 2 is 1.39 bits per heavy atom. The number of anilines is 1. The third-order valence-electron chi connectivity index (χ3n) is 4.16. The highest BCUT2D eigenvalue weighted by Crippen LogP contribution is 2.19. The molecule has 0 unspecified atom stereocenters. The van der Waals surface area contributed by atoms with Gasteiger partial charge in [-0.05, 0) is 42.8 Å². The number of amides is 2. The minimum Gasteiger partial charge on any atom is -0.348 e.